The van der Waals surface area contributed by atoms with Crippen molar-refractivity contribution in [2.45, 2.75) is 10.9 Å². The van der Waals surface area contributed by atoms with Crippen LogP contribution in [-0.4, -0.2) is 31.3 Å². The number of tetrazole rings is 1. The Morgan fingerprint density at radius 3 is 2.86 bits per heavy atom. The summed E-state index contributed by atoms with van der Waals surface area (Å²) in [6.45, 7) is 0. The highest BCUT2D eigenvalue weighted by atomic mass is 32.2. The fourth-order valence-electron chi connectivity index (χ4n) is 1.78. The Balaban J connectivity index is 1.79. The van der Waals surface area contributed by atoms with Crippen LogP contribution in [0, 0.1) is 0 Å². The summed E-state index contributed by atoms with van der Waals surface area (Å²) in [4.78, 5) is 11.0. The zero-order valence-electron chi connectivity index (χ0n) is 10.7. The second kappa shape index (κ2) is 5.80. The van der Waals surface area contributed by atoms with Gasteiger partial charge in [0.05, 0.1) is 12.0 Å². The summed E-state index contributed by atoms with van der Waals surface area (Å²) in [5.41, 5.74) is 1.44. The van der Waals surface area contributed by atoms with Gasteiger partial charge >= 0.3 is 5.97 Å². The summed E-state index contributed by atoms with van der Waals surface area (Å²) in [6, 6.07) is 11.1. The van der Waals surface area contributed by atoms with E-state index in [9.17, 15) is 4.79 Å². The molecule has 7 nitrogen and oxygen atoms in total. The number of rotatable bonds is 5. The Morgan fingerprint density at radius 2 is 2.10 bits per heavy atom. The van der Waals surface area contributed by atoms with Gasteiger partial charge in [0.2, 0.25) is 10.9 Å². The highest BCUT2D eigenvalue weighted by Gasteiger charge is 2.16. The topological polar surface area (TPSA) is 94.0 Å². The van der Waals surface area contributed by atoms with Crippen molar-refractivity contribution < 1.29 is 14.3 Å². The van der Waals surface area contributed by atoms with E-state index in [2.05, 4.69) is 15.5 Å². The quantitative estimate of drug-likeness (QED) is 0.722. The number of furan rings is 1. The van der Waals surface area contributed by atoms with E-state index in [1.54, 1.807) is 10.7 Å². The maximum absolute atomic E-state index is 11.0. The second-order valence-electron chi connectivity index (χ2n) is 4.08. The van der Waals surface area contributed by atoms with E-state index in [4.69, 9.17) is 9.52 Å². The van der Waals surface area contributed by atoms with Gasteiger partial charge in [-0.1, -0.05) is 30.0 Å². The van der Waals surface area contributed by atoms with Gasteiger partial charge in [-0.15, -0.1) is 5.10 Å². The van der Waals surface area contributed by atoms with Crippen molar-refractivity contribution in [3.8, 4) is 5.69 Å². The molecule has 2 heterocycles. The molecule has 21 heavy (non-hydrogen) atoms. The lowest BCUT2D eigenvalue weighted by Crippen LogP contribution is -2.00. The van der Waals surface area contributed by atoms with Crippen molar-refractivity contribution in [2.75, 3.05) is 0 Å². The van der Waals surface area contributed by atoms with Crippen molar-refractivity contribution in [1.29, 1.82) is 0 Å². The molecule has 0 unspecified atom stereocenters. The number of benzene rings is 1. The number of hydrogen-bond donors (Lipinski definition) is 1. The molecule has 0 saturated carbocycles. The van der Waals surface area contributed by atoms with Crippen molar-refractivity contribution >= 4 is 17.7 Å². The van der Waals surface area contributed by atoms with E-state index in [-0.39, 0.29) is 5.76 Å². The molecule has 3 aromatic rings. The van der Waals surface area contributed by atoms with Crippen LogP contribution >= 0.6 is 11.8 Å². The van der Waals surface area contributed by atoms with Crippen LogP contribution in [-0.2, 0) is 5.75 Å². The second-order valence-corrected chi connectivity index (χ2v) is 5.02. The van der Waals surface area contributed by atoms with Gasteiger partial charge in [-0.25, -0.2) is 4.79 Å². The fourth-order valence-corrected chi connectivity index (χ4v) is 2.65. The normalized spacial score (nSPS) is 10.7. The van der Waals surface area contributed by atoms with E-state index in [1.807, 2.05) is 30.3 Å². The molecule has 0 spiro atoms. The first-order chi connectivity index (χ1) is 10.3. The molecule has 1 aromatic carbocycles. The molecule has 0 radical (unpaired) electrons. The van der Waals surface area contributed by atoms with Gasteiger partial charge in [0, 0.05) is 11.3 Å². The van der Waals surface area contributed by atoms with Gasteiger partial charge in [-0.3, -0.25) is 0 Å². The third-order valence-electron chi connectivity index (χ3n) is 2.74. The van der Waals surface area contributed by atoms with Crippen LogP contribution < -0.4 is 0 Å². The number of carboxylic acids is 1. The molecule has 1 N–H and O–H groups in total. The molecule has 0 aliphatic rings. The molecule has 0 atom stereocenters. The molecule has 0 aliphatic heterocycles. The lowest BCUT2D eigenvalue weighted by molar-refractivity contribution is 0.0661. The third kappa shape index (κ3) is 2.79. The summed E-state index contributed by atoms with van der Waals surface area (Å²) in [6.07, 6.45) is 1.36. The summed E-state index contributed by atoms with van der Waals surface area (Å²) >= 11 is 1.34. The molecule has 3 rings (SSSR count). The van der Waals surface area contributed by atoms with Crippen molar-refractivity contribution in [3.63, 3.8) is 0 Å². The van der Waals surface area contributed by atoms with Crippen molar-refractivity contribution in [1.82, 2.24) is 20.2 Å². The van der Waals surface area contributed by atoms with Gasteiger partial charge < -0.3 is 9.52 Å². The molecule has 8 heteroatoms. The summed E-state index contributed by atoms with van der Waals surface area (Å²) in [5, 5.41) is 21.1. The molecule has 0 bridgehead atoms. The average Bonchev–Trinajstić information content (AvgIpc) is 3.15. The van der Waals surface area contributed by atoms with Gasteiger partial charge in [-0.05, 0) is 28.6 Å². The molecule has 0 saturated heterocycles. The molecular weight excluding hydrogens is 292 g/mol. The molecule has 0 fully saturated rings. The summed E-state index contributed by atoms with van der Waals surface area (Å²) in [7, 11) is 0. The van der Waals surface area contributed by atoms with Crippen LogP contribution in [0.3, 0.4) is 0 Å². The number of carbonyl (C=O) groups is 1. The third-order valence-corrected chi connectivity index (χ3v) is 3.71. The number of hydrogen-bond acceptors (Lipinski definition) is 6. The van der Waals surface area contributed by atoms with E-state index >= 15 is 0 Å². The number of carboxylic acid groups (broad SMARTS) is 1. The molecule has 0 aliphatic carbocycles. The maximum atomic E-state index is 11.0. The van der Waals surface area contributed by atoms with Crippen molar-refractivity contribution in [3.05, 3.63) is 54.0 Å². The minimum atomic E-state index is -1.08. The van der Waals surface area contributed by atoms with Gasteiger partial charge in [-0.2, -0.15) is 4.68 Å². The zero-order valence-corrected chi connectivity index (χ0v) is 11.5. The standard InChI is InChI=1S/C13H10N4O3S/c18-12(19)11-9(6-7-20-11)8-21-13-14-15-16-17(13)10-4-2-1-3-5-10/h1-7H,8H2,(H,18,19). The smallest absolute Gasteiger partial charge is 0.372 e. The van der Waals surface area contributed by atoms with Crippen LogP contribution in [0.25, 0.3) is 5.69 Å². The number of aromatic nitrogens is 4. The largest absolute Gasteiger partial charge is 0.475 e. The minimum Gasteiger partial charge on any atom is -0.475 e. The Hall–Kier alpha value is -2.61. The highest BCUT2D eigenvalue weighted by Crippen LogP contribution is 2.24. The Bertz CT molecular complexity index is 754. The summed E-state index contributed by atoms with van der Waals surface area (Å²) < 4.78 is 6.54. The van der Waals surface area contributed by atoms with Crippen LogP contribution in [0.1, 0.15) is 16.1 Å². The maximum Gasteiger partial charge on any atom is 0.372 e. The van der Waals surface area contributed by atoms with Crippen LogP contribution in [0.15, 0.2) is 52.2 Å². The predicted octanol–water partition coefficient (Wildman–Crippen LogP) is 2.25. The number of nitrogens with zero attached hydrogens (tertiary/aromatic N) is 4. The SMILES string of the molecule is O=C(O)c1occc1CSc1nnnn1-c1ccccc1. The predicted molar refractivity (Wildman–Crippen MR) is 74.4 cm³/mol. The molecule has 2 aromatic heterocycles. The summed E-state index contributed by atoms with van der Waals surface area (Å²) in [5.74, 6) is -0.731. The first-order valence-corrected chi connectivity index (χ1v) is 7.00. The Kier molecular flexibility index (Phi) is 3.69. The Morgan fingerprint density at radius 1 is 1.29 bits per heavy atom. The first-order valence-electron chi connectivity index (χ1n) is 6.02. The molecular formula is C13H10N4O3S. The molecule has 106 valence electrons. The highest BCUT2D eigenvalue weighted by molar-refractivity contribution is 7.98. The lowest BCUT2D eigenvalue weighted by atomic mass is 10.3. The van der Waals surface area contributed by atoms with E-state index in [0.717, 1.165) is 5.69 Å². The number of aromatic carboxylic acids is 1. The number of para-hydroxylation sites is 1. The van der Waals surface area contributed by atoms with Crippen LogP contribution in [0.2, 0.25) is 0 Å². The van der Waals surface area contributed by atoms with Crippen LogP contribution in [0.5, 0.6) is 0 Å². The average molecular weight is 302 g/mol. The van der Waals surface area contributed by atoms with E-state index < -0.39 is 5.97 Å². The first kappa shape index (κ1) is 13.4. The lowest BCUT2D eigenvalue weighted by Gasteiger charge is -2.03. The van der Waals surface area contributed by atoms with Gasteiger partial charge in [0.25, 0.3) is 0 Å². The molecule has 0 amide bonds. The number of thioether (sulfide) groups is 1. The van der Waals surface area contributed by atoms with Crippen LogP contribution in [0.4, 0.5) is 0 Å². The monoisotopic (exact) mass is 302 g/mol. The fraction of sp³-hybridized carbons (Fsp3) is 0.0769. The minimum absolute atomic E-state index is 0.0544. The van der Waals surface area contributed by atoms with Gasteiger partial charge in [0.1, 0.15) is 0 Å². The van der Waals surface area contributed by atoms with Crippen molar-refractivity contribution in [2.24, 2.45) is 0 Å². The van der Waals surface area contributed by atoms with E-state index in [1.165, 1.54) is 18.0 Å². The van der Waals surface area contributed by atoms with E-state index in [0.29, 0.717) is 16.5 Å². The zero-order chi connectivity index (χ0) is 14.7. The van der Waals surface area contributed by atoms with Gasteiger partial charge in [0.15, 0.2) is 0 Å². The Labute approximate surface area is 123 Å².